The van der Waals surface area contributed by atoms with Crippen molar-refractivity contribution >= 4 is 17.4 Å². The SMILES string of the molecule is O=C1CCC2=C1CC1=C(C(F)C(C(F)(F)F)NC1=O)N2c1ccccc1. The highest BCUT2D eigenvalue weighted by atomic mass is 19.4. The van der Waals surface area contributed by atoms with Crippen molar-refractivity contribution < 1.29 is 27.2 Å². The van der Waals surface area contributed by atoms with Crippen molar-refractivity contribution in [3.05, 3.63) is 52.9 Å². The first-order chi connectivity index (χ1) is 12.3. The van der Waals surface area contributed by atoms with E-state index in [2.05, 4.69) is 0 Å². The van der Waals surface area contributed by atoms with Gasteiger partial charge in [0.2, 0.25) is 5.91 Å². The maximum atomic E-state index is 15.0. The van der Waals surface area contributed by atoms with Gasteiger partial charge < -0.3 is 10.2 Å². The molecule has 0 aromatic heterocycles. The van der Waals surface area contributed by atoms with E-state index in [9.17, 15) is 22.8 Å². The number of benzene rings is 1. The number of hydrogen-bond donors (Lipinski definition) is 1. The summed E-state index contributed by atoms with van der Waals surface area (Å²) in [6, 6.07) is 5.67. The minimum atomic E-state index is -4.92. The summed E-state index contributed by atoms with van der Waals surface area (Å²) in [5.41, 5.74) is 0.866. The van der Waals surface area contributed by atoms with Crippen LogP contribution in [-0.2, 0) is 9.59 Å². The van der Waals surface area contributed by atoms with E-state index < -0.39 is 24.3 Å². The Balaban J connectivity index is 1.89. The summed E-state index contributed by atoms with van der Waals surface area (Å²) in [7, 11) is 0. The van der Waals surface area contributed by atoms with Crippen LogP contribution in [0, 0.1) is 0 Å². The molecule has 0 fully saturated rings. The van der Waals surface area contributed by atoms with Gasteiger partial charge in [0.25, 0.3) is 0 Å². The zero-order valence-corrected chi connectivity index (χ0v) is 13.4. The zero-order valence-electron chi connectivity index (χ0n) is 13.4. The van der Waals surface area contributed by atoms with Crippen molar-refractivity contribution in [2.75, 3.05) is 4.90 Å². The molecular formula is C18H14F4N2O2. The molecule has 136 valence electrons. The van der Waals surface area contributed by atoms with Crippen LogP contribution in [0.15, 0.2) is 52.9 Å². The fourth-order valence-corrected chi connectivity index (χ4v) is 3.76. The first kappa shape index (κ1) is 16.8. The molecule has 4 rings (SSSR count). The molecule has 0 radical (unpaired) electrons. The summed E-state index contributed by atoms with van der Waals surface area (Å²) >= 11 is 0. The van der Waals surface area contributed by atoms with Crippen LogP contribution in [0.4, 0.5) is 23.2 Å². The van der Waals surface area contributed by atoms with E-state index in [0.717, 1.165) is 0 Å². The van der Waals surface area contributed by atoms with Gasteiger partial charge in [-0.1, -0.05) is 18.2 Å². The smallest absolute Gasteiger partial charge is 0.338 e. The van der Waals surface area contributed by atoms with Gasteiger partial charge >= 0.3 is 6.18 Å². The fourth-order valence-electron chi connectivity index (χ4n) is 3.76. The van der Waals surface area contributed by atoms with Crippen LogP contribution < -0.4 is 10.2 Å². The van der Waals surface area contributed by atoms with E-state index in [1.54, 1.807) is 35.6 Å². The average Bonchev–Trinajstić information content (AvgIpc) is 2.97. The van der Waals surface area contributed by atoms with Crippen LogP contribution >= 0.6 is 0 Å². The standard InChI is InChI=1S/C18H14F4N2O2/c19-14-15-11(17(26)23-16(14)18(20,21)22)8-10-12(6-7-13(10)25)24(15)9-4-2-1-3-5-9/h1-5,14,16H,6-8H2,(H,23,26). The Morgan fingerprint density at radius 1 is 1.04 bits per heavy atom. The largest absolute Gasteiger partial charge is 0.411 e. The Kier molecular flexibility index (Phi) is 3.68. The molecule has 1 aliphatic carbocycles. The van der Waals surface area contributed by atoms with E-state index in [-0.39, 0.29) is 29.9 Å². The van der Waals surface area contributed by atoms with Crippen molar-refractivity contribution in [2.45, 2.75) is 37.7 Å². The topological polar surface area (TPSA) is 49.4 Å². The van der Waals surface area contributed by atoms with Crippen molar-refractivity contribution in [1.82, 2.24) is 5.32 Å². The van der Waals surface area contributed by atoms with Gasteiger partial charge in [0.1, 0.15) is 0 Å². The second-order valence-electron chi connectivity index (χ2n) is 6.45. The third-order valence-electron chi connectivity index (χ3n) is 4.93. The fraction of sp³-hybridized carbons (Fsp3) is 0.333. The summed E-state index contributed by atoms with van der Waals surface area (Å²) in [4.78, 5) is 25.8. The van der Waals surface area contributed by atoms with Gasteiger partial charge in [0.15, 0.2) is 18.0 Å². The number of allylic oxidation sites excluding steroid dienone is 2. The van der Waals surface area contributed by atoms with Gasteiger partial charge in [-0.25, -0.2) is 4.39 Å². The van der Waals surface area contributed by atoms with Crippen molar-refractivity contribution in [3.8, 4) is 0 Å². The number of hydrogen-bond acceptors (Lipinski definition) is 3. The van der Waals surface area contributed by atoms with Crippen LogP contribution in [0.2, 0.25) is 0 Å². The highest BCUT2D eigenvalue weighted by Gasteiger charge is 2.54. The Hall–Kier alpha value is -2.64. The normalized spacial score (nSPS) is 26.1. The van der Waals surface area contributed by atoms with Crippen molar-refractivity contribution in [1.29, 1.82) is 0 Å². The zero-order chi connectivity index (χ0) is 18.6. The number of carbonyl (C=O) groups is 2. The predicted octanol–water partition coefficient (Wildman–Crippen LogP) is 3.17. The Morgan fingerprint density at radius 3 is 2.38 bits per heavy atom. The molecule has 8 heteroatoms. The van der Waals surface area contributed by atoms with Crippen molar-refractivity contribution in [2.24, 2.45) is 0 Å². The molecule has 1 aromatic rings. The Labute approximate surface area is 146 Å². The van der Waals surface area contributed by atoms with Crippen LogP contribution in [-0.4, -0.2) is 30.1 Å². The molecule has 1 N–H and O–H groups in total. The molecule has 2 unspecified atom stereocenters. The summed E-state index contributed by atoms with van der Waals surface area (Å²) in [6.07, 6.45) is -6.99. The lowest BCUT2D eigenvalue weighted by Gasteiger charge is -2.41. The molecule has 26 heavy (non-hydrogen) atoms. The lowest BCUT2D eigenvalue weighted by atomic mass is 9.88. The summed E-state index contributed by atoms with van der Waals surface area (Å²) in [5, 5.41) is 1.71. The number of para-hydroxylation sites is 1. The van der Waals surface area contributed by atoms with E-state index in [0.29, 0.717) is 23.4 Å². The molecule has 1 aromatic carbocycles. The minimum absolute atomic E-state index is 0.115. The van der Waals surface area contributed by atoms with E-state index >= 15 is 4.39 Å². The number of anilines is 1. The second kappa shape index (κ2) is 5.69. The molecule has 0 spiro atoms. The molecule has 1 amide bonds. The summed E-state index contributed by atoms with van der Waals surface area (Å²) in [5.74, 6) is -1.14. The molecule has 0 saturated carbocycles. The van der Waals surface area contributed by atoms with Gasteiger partial charge in [-0.05, 0) is 18.6 Å². The number of ketones is 1. The summed E-state index contributed by atoms with van der Waals surface area (Å²) in [6.45, 7) is 0. The lowest BCUT2D eigenvalue weighted by molar-refractivity contribution is -0.172. The van der Waals surface area contributed by atoms with Gasteiger partial charge in [-0.2, -0.15) is 13.2 Å². The number of amides is 1. The first-order valence-electron chi connectivity index (χ1n) is 8.14. The molecule has 3 aliphatic rings. The van der Waals surface area contributed by atoms with Crippen LogP contribution in [0.5, 0.6) is 0 Å². The van der Waals surface area contributed by atoms with Gasteiger partial charge in [-0.15, -0.1) is 0 Å². The molecule has 0 bridgehead atoms. The third kappa shape index (κ3) is 2.43. The van der Waals surface area contributed by atoms with E-state index in [4.69, 9.17) is 0 Å². The highest BCUT2D eigenvalue weighted by Crippen LogP contribution is 2.45. The predicted molar refractivity (Wildman–Crippen MR) is 84.7 cm³/mol. The number of alkyl halides is 4. The highest BCUT2D eigenvalue weighted by molar-refractivity contribution is 6.06. The number of nitrogens with zero attached hydrogens (tertiary/aromatic N) is 1. The minimum Gasteiger partial charge on any atom is -0.338 e. The van der Waals surface area contributed by atoms with Gasteiger partial charge in [0.05, 0.1) is 5.70 Å². The maximum Gasteiger partial charge on any atom is 0.411 e. The second-order valence-corrected chi connectivity index (χ2v) is 6.45. The van der Waals surface area contributed by atoms with Crippen LogP contribution in [0.3, 0.4) is 0 Å². The Bertz CT molecular complexity index is 858. The van der Waals surface area contributed by atoms with Crippen LogP contribution in [0.25, 0.3) is 0 Å². The number of rotatable bonds is 1. The molecule has 2 heterocycles. The summed E-state index contributed by atoms with van der Waals surface area (Å²) < 4.78 is 54.7. The number of carbonyl (C=O) groups excluding carboxylic acids is 2. The molecule has 2 aliphatic heterocycles. The van der Waals surface area contributed by atoms with E-state index in [1.165, 1.54) is 4.90 Å². The van der Waals surface area contributed by atoms with Crippen LogP contribution in [0.1, 0.15) is 19.3 Å². The molecule has 4 nitrogen and oxygen atoms in total. The van der Waals surface area contributed by atoms with Crippen molar-refractivity contribution in [3.63, 3.8) is 0 Å². The number of halogens is 4. The quantitative estimate of drug-likeness (QED) is 0.777. The number of nitrogens with one attached hydrogen (secondary N) is 1. The van der Waals surface area contributed by atoms with E-state index in [1.807, 2.05) is 0 Å². The molecule has 0 saturated heterocycles. The molecule has 2 atom stereocenters. The third-order valence-corrected chi connectivity index (χ3v) is 4.93. The lowest BCUT2D eigenvalue weighted by Crippen LogP contribution is -2.58. The van der Waals surface area contributed by atoms with Gasteiger partial charge in [-0.3, -0.25) is 9.59 Å². The Morgan fingerprint density at radius 2 is 1.73 bits per heavy atom. The first-order valence-corrected chi connectivity index (χ1v) is 8.14. The van der Waals surface area contributed by atoms with Gasteiger partial charge in [0, 0.05) is 35.4 Å². The maximum absolute atomic E-state index is 15.0. The monoisotopic (exact) mass is 366 g/mol. The molecular weight excluding hydrogens is 352 g/mol. The average molecular weight is 366 g/mol. The number of Topliss-reactive ketones (excluding diaryl/α,β-unsaturated/α-hetero) is 1.